The number of rotatable bonds is 27. The van der Waals surface area contributed by atoms with Gasteiger partial charge in [0.25, 0.3) is 0 Å². The van der Waals surface area contributed by atoms with Gasteiger partial charge in [-0.15, -0.1) is 30.6 Å². The lowest BCUT2D eigenvalue weighted by Gasteiger charge is -2.11. The fourth-order valence-electron chi connectivity index (χ4n) is 11.5. The molecule has 15 rings (SSSR count). The Bertz CT molecular complexity index is 4590. The van der Waals surface area contributed by atoms with Crippen molar-refractivity contribution in [1.82, 2.24) is 81.4 Å². The molecule has 0 spiro atoms. The van der Waals surface area contributed by atoms with Crippen LogP contribution >= 0.6 is 0 Å². The van der Waals surface area contributed by atoms with Crippen molar-refractivity contribution in [3.63, 3.8) is 0 Å². The van der Waals surface area contributed by atoms with Gasteiger partial charge >= 0.3 is 0 Å². The molecule has 0 aliphatic heterocycles. The Labute approximate surface area is 591 Å². The molecule has 0 fully saturated rings. The highest BCUT2D eigenvalue weighted by atomic mass is 16.5. The Morgan fingerprint density at radius 2 is 0.598 bits per heavy atom. The highest BCUT2D eigenvalue weighted by Crippen LogP contribution is 2.34. The van der Waals surface area contributed by atoms with E-state index in [4.69, 9.17) is 29.2 Å². The Morgan fingerprint density at radius 1 is 0.255 bits per heavy atom. The Balaban J connectivity index is 0.000000137. The fourth-order valence-corrected chi connectivity index (χ4v) is 11.5. The van der Waals surface area contributed by atoms with Crippen molar-refractivity contribution in [2.45, 2.75) is 58.7 Å². The van der Waals surface area contributed by atoms with Crippen LogP contribution in [-0.2, 0) is 58.7 Å². The van der Waals surface area contributed by atoms with E-state index in [1.165, 1.54) is 23.0 Å². The first-order valence-corrected chi connectivity index (χ1v) is 33.9. The van der Waals surface area contributed by atoms with Crippen molar-refractivity contribution in [2.75, 3.05) is 19.6 Å². The van der Waals surface area contributed by atoms with E-state index in [0.29, 0.717) is 57.1 Å². The molecule has 19 heteroatoms. The summed E-state index contributed by atoms with van der Waals surface area (Å²) in [6, 6.07) is 81.0. The molecule has 504 valence electrons. The summed E-state index contributed by atoms with van der Waals surface area (Å²) in [6.07, 6.45) is 15.0. The maximum atomic E-state index is 6.07. The molecule has 0 radical (unpaired) electrons. The van der Waals surface area contributed by atoms with Gasteiger partial charge in [-0.25, -0.2) is 9.97 Å². The number of nitrogens with one attached hydrogen (secondary N) is 3. The van der Waals surface area contributed by atoms with Gasteiger partial charge in [0.2, 0.25) is 17.6 Å². The van der Waals surface area contributed by atoms with E-state index in [9.17, 15) is 0 Å². The van der Waals surface area contributed by atoms with E-state index in [1.807, 2.05) is 170 Å². The van der Waals surface area contributed by atoms with Crippen molar-refractivity contribution < 1.29 is 14.2 Å². The summed E-state index contributed by atoms with van der Waals surface area (Å²) in [5.41, 5.74) is 14.5. The summed E-state index contributed by atoms with van der Waals surface area (Å²) in [4.78, 5) is 30.7. The summed E-state index contributed by atoms with van der Waals surface area (Å²) in [7, 11) is 0. The SMILES string of the molecule is c1ccc(CCNCc2cccc(COc3nnc(-c4cccnc4)c4ccccc34)n2)cc1.c1ccc(CCNCc2cccc(COc3nnc(-c4ccncc4)c4ccccc34)n2)cc1.c1ccc(CCNCc2cccc(COc3nnc(-c4cncnc4)c4ccccc34)n2)cc1. The van der Waals surface area contributed by atoms with Gasteiger partial charge in [-0.3, -0.25) is 24.9 Å². The van der Waals surface area contributed by atoms with Gasteiger partial charge in [0.1, 0.15) is 43.2 Å². The molecule has 19 nitrogen and oxygen atoms in total. The van der Waals surface area contributed by atoms with Crippen LogP contribution in [0.4, 0.5) is 0 Å². The summed E-state index contributed by atoms with van der Waals surface area (Å²) < 4.78 is 18.2. The van der Waals surface area contributed by atoms with E-state index >= 15 is 0 Å². The van der Waals surface area contributed by atoms with Crippen molar-refractivity contribution in [2.24, 2.45) is 0 Å². The molecule has 3 N–H and O–H groups in total. The molecule has 0 saturated carbocycles. The molecular formula is C83H74N16O3. The summed E-state index contributed by atoms with van der Waals surface area (Å²) in [6.45, 7) is 5.78. The van der Waals surface area contributed by atoms with Crippen LogP contribution in [0.25, 0.3) is 66.1 Å². The second kappa shape index (κ2) is 35.8. The van der Waals surface area contributed by atoms with E-state index in [1.54, 1.807) is 37.2 Å². The first-order valence-electron chi connectivity index (χ1n) is 33.9. The van der Waals surface area contributed by atoms with Crippen LogP contribution in [0.15, 0.2) is 286 Å². The van der Waals surface area contributed by atoms with Crippen molar-refractivity contribution in [3.8, 4) is 51.4 Å². The molecule has 0 bridgehead atoms. The number of hydrogen-bond acceptors (Lipinski definition) is 19. The number of aromatic nitrogens is 13. The number of ether oxygens (including phenoxy) is 3. The number of fused-ring (bicyclic) bond motifs is 3. The molecule has 9 aromatic heterocycles. The average Bonchev–Trinajstić information content (AvgIpc) is 0.802. The zero-order valence-corrected chi connectivity index (χ0v) is 56.2. The minimum atomic E-state index is 0.310. The summed E-state index contributed by atoms with van der Waals surface area (Å²) >= 11 is 0. The Morgan fingerprint density at radius 3 is 0.980 bits per heavy atom. The van der Waals surface area contributed by atoms with Gasteiger partial charge in [0.15, 0.2) is 0 Å². The molecule has 9 heterocycles. The fraction of sp³-hybridized carbons (Fsp3) is 0.145. The van der Waals surface area contributed by atoms with Gasteiger partial charge in [0.05, 0.1) is 34.2 Å². The zero-order chi connectivity index (χ0) is 69.0. The third kappa shape index (κ3) is 19.0. The lowest BCUT2D eigenvalue weighted by Crippen LogP contribution is -2.17. The van der Waals surface area contributed by atoms with Crippen LogP contribution in [0.5, 0.6) is 17.6 Å². The molecule has 0 aliphatic carbocycles. The quantitative estimate of drug-likeness (QED) is 0.0406. The van der Waals surface area contributed by atoms with Crippen LogP contribution in [0.2, 0.25) is 0 Å². The first kappa shape index (κ1) is 68.0. The monoisotopic (exact) mass is 1340 g/mol. The lowest BCUT2D eigenvalue weighted by molar-refractivity contribution is 0.289. The smallest absolute Gasteiger partial charge is 0.241 e. The van der Waals surface area contributed by atoms with Crippen LogP contribution < -0.4 is 30.2 Å². The highest BCUT2D eigenvalue weighted by Gasteiger charge is 2.17. The van der Waals surface area contributed by atoms with E-state index in [2.05, 4.69) is 139 Å². The normalized spacial score (nSPS) is 10.9. The zero-order valence-electron chi connectivity index (χ0n) is 56.2. The third-order valence-corrected chi connectivity index (χ3v) is 16.6. The lowest BCUT2D eigenvalue weighted by atomic mass is 10.1. The number of hydrogen-bond donors (Lipinski definition) is 3. The third-order valence-electron chi connectivity index (χ3n) is 16.6. The molecule has 0 unspecified atom stereocenters. The first-order chi connectivity index (χ1) is 50.6. The molecule has 102 heavy (non-hydrogen) atoms. The Kier molecular flexibility index (Phi) is 23.9. The maximum Gasteiger partial charge on any atom is 0.241 e. The largest absolute Gasteiger partial charge is 0.470 e. The van der Waals surface area contributed by atoms with Crippen LogP contribution in [0, 0.1) is 0 Å². The molecule has 0 aliphatic rings. The number of pyridine rings is 5. The van der Waals surface area contributed by atoms with E-state index in [-0.39, 0.29) is 0 Å². The molecule has 0 atom stereocenters. The summed E-state index contributed by atoms with van der Waals surface area (Å²) in [5.74, 6) is 1.47. The van der Waals surface area contributed by atoms with Gasteiger partial charge in [-0.1, -0.05) is 164 Å². The standard InChI is InChI=1S/2C28H25N5O.C27H24N6O/c1-2-8-21(9-3-1)15-17-30-19-23-11-6-12-24(31-23)20-34-28-26-14-5-4-13-25(26)27(32-33-28)22-10-7-16-29-18-22;1-2-7-21(8-3-1)13-16-30-19-23-9-6-10-24(31-23)20-34-28-26-12-5-4-11-25(26)27(32-33-28)22-14-17-29-18-15-22;1-2-7-20(8-3-1)13-14-28-17-22-9-6-10-23(31-22)18-34-27-25-12-5-4-11-24(25)26(32-33-27)21-15-29-19-30-16-21/h1-14,16,18,30H,15,17,19-20H2;1-12,14-15,17-18,30H,13,16,19-20H2;1-12,15-16,19,28H,13-14,17-18H2. The molecule has 0 amide bonds. The van der Waals surface area contributed by atoms with Gasteiger partial charge in [-0.05, 0) is 134 Å². The second-order valence-corrected chi connectivity index (χ2v) is 23.8. The van der Waals surface area contributed by atoms with Gasteiger partial charge < -0.3 is 30.2 Å². The van der Waals surface area contributed by atoms with Crippen molar-refractivity contribution >= 4 is 32.3 Å². The van der Waals surface area contributed by atoms with E-state index in [0.717, 1.165) is 139 Å². The molecular weight excluding hydrogens is 1270 g/mol. The topological polar surface area (TPSA) is 231 Å². The highest BCUT2D eigenvalue weighted by molar-refractivity contribution is 5.98. The summed E-state index contributed by atoms with van der Waals surface area (Å²) in [5, 5.41) is 42.4. The van der Waals surface area contributed by atoms with Crippen molar-refractivity contribution in [3.05, 3.63) is 337 Å². The number of nitrogens with zero attached hydrogens (tertiary/aromatic N) is 13. The predicted molar refractivity (Wildman–Crippen MR) is 397 cm³/mol. The maximum absolute atomic E-state index is 6.07. The predicted octanol–water partition coefficient (Wildman–Crippen LogP) is 14.4. The Hall–Kier alpha value is -12.6. The minimum Gasteiger partial charge on any atom is -0.470 e. The van der Waals surface area contributed by atoms with Gasteiger partial charge in [-0.2, -0.15) is 0 Å². The molecule has 0 saturated heterocycles. The molecule has 15 aromatic rings. The van der Waals surface area contributed by atoms with Crippen LogP contribution in [-0.4, -0.2) is 85.1 Å². The molecule has 6 aromatic carbocycles. The van der Waals surface area contributed by atoms with Gasteiger partial charge in [0, 0.05) is 106 Å². The second-order valence-electron chi connectivity index (χ2n) is 23.8. The van der Waals surface area contributed by atoms with E-state index < -0.39 is 0 Å². The van der Waals surface area contributed by atoms with Crippen molar-refractivity contribution in [1.29, 1.82) is 0 Å². The van der Waals surface area contributed by atoms with Crippen LogP contribution in [0.1, 0.15) is 50.9 Å². The van der Waals surface area contributed by atoms with Crippen LogP contribution in [0.3, 0.4) is 0 Å². The number of benzene rings is 6. The minimum absolute atomic E-state index is 0.310. The average molecular weight is 1340 g/mol.